The van der Waals surface area contributed by atoms with Gasteiger partial charge in [0.05, 0.1) is 0 Å². The number of hydrogen-bond acceptors (Lipinski definition) is 1. The Morgan fingerprint density at radius 2 is 0.559 bits per heavy atom. The third kappa shape index (κ3) is 3.53. The molecule has 0 aliphatic rings. The van der Waals surface area contributed by atoms with Gasteiger partial charge in [-0.1, -0.05) is 6.07 Å². The van der Waals surface area contributed by atoms with E-state index < -0.39 is 8.32 Å². The molecule has 0 radical (unpaired) electrons. The van der Waals surface area contributed by atoms with Gasteiger partial charge in [0.15, 0.2) is 0 Å². The summed E-state index contributed by atoms with van der Waals surface area (Å²) in [6, 6.07) is 2.28. The van der Waals surface area contributed by atoms with Gasteiger partial charge >= 0.3 is 0 Å². The Bertz CT molecular complexity index is 1190. The minimum absolute atomic E-state index is 1.19. The molecule has 0 heterocycles. The molecule has 0 aliphatic carbocycles. The van der Waals surface area contributed by atoms with E-state index >= 15 is 0 Å². The number of hydrogen-bond donors (Lipinski definition) is 1. The molecule has 0 fully saturated rings. The topological polar surface area (TPSA) is 20.2 Å². The quantitative estimate of drug-likeness (QED) is 0.368. The van der Waals surface area contributed by atoms with Crippen molar-refractivity contribution < 1.29 is 4.80 Å². The first-order valence-electron chi connectivity index (χ1n) is 12.6. The van der Waals surface area contributed by atoms with Crippen LogP contribution in [0.1, 0.15) is 77.9 Å². The second-order valence-electron chi connectivity index (χ2n) is 10.8. The lowest BCUT2D eigenvalue weighted by atomic mass is 9.94. The highest BCUT2D eigenvalue weighted by atomic mass is 28.4. The smallest absolute Gasteiger partial charge is 0.287 e. The fourth-order valence-electron chi connectivity index (χ4n) is 6.22. The molecule has 0 aliphatic heterocycles. The molecule has 182 valence electrons. The monoisotopic (exact) mass is 472 g/mol. The van der Waals surface area contributed by atoms with E-state index in [1.165, 1.54) is 93.4 Å². The molecule has 0 bridgehead atoms. The zero-order valence-electron chi connectivity index (χ0n) is 24.0. The Balaban J connectivity index is 2.76. The van der Waals surface area contributed by atoms with Crippen LogP contribution in [-0.4, -0.2) is 13.1 Å². The van der Waals surface area contributed by atoms with E-state index in [-0.39, 0.29) is 0 Å². The first kappa shape index (κ1) is 26.4. The second kappa shape index (κ2) is 8.81. The fourth-order valence-corrected chi connectivity index (χ4v) is 11.4. The van der Waals surface area contributed by atoms with Crippen LogP contribution in [0.5, 0.6) is 0 Å². The minimum Gasteiger partial charge on any atom is -0.421 e. The lowest BCUT2D eigenvalue weighted by Gasteiger charge is -2.38. The summed E-state index contributed by atoms with van der Waals surface area (Å²) in [5.41, 5.74) is 17.9. The maximum atomic E-state index is 13.6. The molecule has 0 aromatic heterocycles. The molecule has 1 N–H and O–H groups in total. The van der Waals surface area contributed by atoms with Gasteiger partial charge in [-0.2, -0.15) is 0 Å². The van der Waals surface area contributed by atoms with Gasteiger partial charge in [0.25, 0.3) is 8.32 Å². The molecule has 1 nitrogen and oxygen atoms in total. The summed E-state index contributed by atoms with van der Waals surface area (Å²) in [5.74, 6) is 0. The zero-order valence-corrected chi connectivity index (χ0v) is 25.0. The molecule has 0 unspecified atom stereocenters. The van der Waals surface area contributed by atoms with Crippen LogP contribution in [-0.2, 0) is 0 Å². The molecule has 3 aromatic rings. The van der Waals surface area contributed by atoms with Gasteiger partial charge in [-0.05, 0) is 190 Å². The van der Waals surface area contributed by atoms with Gasteiger partial charge < -0.3 is 4.80 Å². The SMILES string of the molecule is Cc1cc(C)c(C)c([Si](O)(c2c(C)c(C)c(C)c(C)c2C)c2c(C)c(C)c(C)c(C)c2C)c1C. The maximum Gasteiger partial charge on any atom is 0.287 e. The molecular formula is C32H44OSi. The highest BCUT2D eigenvalue weighted by molar-refractivity contribution is 7.07. The lowest BCUT2D eigenvalue weighted by Crippen LogP contribution is -2.72. The Morgan fingerprint density at radius 3 is 0.824 bits per heavy atom. The summed E-state index contributed by atoms with van der Waals surface area (Å²) in [7, 11) is -3.38. The van der Waals surface area contributed by atoms with E-state index in [9.17, 15) is 4.80 Å². The van der Waals surface area contributed by atoms with Gasteiger partial charge in [-0.3, -0.25) is 0 Å². The van der Waals surface area contributed by atoms with Crippen molar-refractivity contribution in [1.29, 1.82) is 0 Å². The van der Waals surface area contributed by atoms with Crippen LogP contribution in [0.4, 0.5) is 0 Å². The normalized spacial score (nSPS) is 12.0. The molecule has 0 saturated heterocycles. The Hall–Kier alpha value is -2.16. The van der Waals surface area contributed by atoms with Gasteiger partial charge in [-0.15, -0.1) is 0 Å². The fraction of sp³-hybridized carbons (Fsp3) is 0.438. The molecule has 2 heteroatoms. The van der Waals surface area contributed by atoms with Gasteiger partial charge in [0, 0.05) is 0 Å². The van der Waals surface area contributed by atoms with Gasteiger partial charge in [-0.25, -0.2) is 0 Å². The zero-order chi connectivity index (χ0) is 26.0. The molecular weight excluding hydrogens is 428 g/mol. The molecule has 0 atom stereocenters. The summed E-state index contributed by atoms with van der Waals surface area (Å²) in [6.45, 7) is 31.1. The van der Waals surface area contributed by atoms with Crippen molar-refractivity contribution in [1.82, 2.24) is 0 Å². The van der Waals surface area contributed by atoms with E-state index in [0.717, 1.165) is 0 Å². The summed E-state index contributed by atoms with van der Waals surface area (Å²) < 4.78 is 0. The molecule has 3 aromatic carbocycles. The van der Waals surface area contributed by atoms with Crippen molar-refractivity contribution in [2.45, 2.75) is 96.9 Å². The predicted octanol–water partition coefficient (Wildman–Crippen LogP) is 5.96. The van der Waals surface area contributed by atoms with Crippen LogP contribution in [0.2, 0.25) is 0 Å². The first-order valence-corrected chi connectivity index (χ1v) is 14.5. The van der Waals surface area contributed by atoms with Crippen LogP contribution in [0.25, 0.3) is 0 Å². The average molecular weight is 473 g/mol. The van der Waals surface area contributed by atoms with E-state index in [1.807, 2.05) is 0 Å². The van der Waals surface area contributed by atoms with Crippen LogP contribution in [0.15, 0.2) is 6.07 Å². The second-order valence-corrected chi connectivity index (χ2v) is 13.8. The average Bonchev–Trinajstić information content (AvgIpc) is 2.77. The van der Waals surface area contributed by atoms with Crippen molar-refractivity contribution in [2.24, 2.45) is 0 Å². The molecule has 0 spiro atoms. The van der Waals surface area contributed by atoms with Crippen molar-refractivity contribution >= 4 is 23.9 Å². The number of aryl methyl sites for hydroxylation is 2. The van der Waals surface area contributed by atoms with Crippen molar-refractivity contribution in [3.05, 3.63) is 84.0 Å². The van der Waals surface area contributed by atoms with Crippen LogP contribution in [0, 0.1) is 96.9 Å². The summed E-state index contributed by atoms with van der Waals surface area (Å²) >= 11 is 0. The van der Waals surface area contributed by atoms with Gasteiger partial charge in [0.1, 0.15) is 0 Å². The third-order valence-corrected chi connectivity index (χ3v) is 13.9. The van der Waals surface area contributed by atoms with E-state index in [4.69, 9.17) is 0 Å². The van der Waals surface area contributed by atoms with Crippen LogP contribution < -0.4 is 15.6 Å². The highest BCUT2D eigenvalue weighted by Gasteiger charge is 2.46. The molecule has 3 rings (SSSR count). The summed E-state index contributed by atoms with van der Waals surface area (Å²) in [5, 5.41) is 3.57. The number of benzene rings is 3. The Labute approximate surface area is 209 Å². The molecule has 34 heavy (non-hydrogen) atoms. The standard InChI is InChI=1S/C32H44OSi/c1-16-15-17(2)19(4)30(18(16)3)34(33,31-26(11)22(7)20(5)23(8)27(31)12)32-28(13)24(9)21(6)25(10)29(32)14/h15,33H,1-14H3. The third-order valence-electron chi connectivity index (χ3n) is 9.45. The first-order chi connectivity index (χ1) is 15.6. The molecule has 0 amide bonds. The Morgan fingerprint density at radius 1 is 0.353 bits per heavy atom. The highest BCUT2D eigenvalue weighted by Crippen LogP contribution is 2.28. The Kier molecular flexibility index (Phi) is 6.85. The van der Waals surface area contributed by atoms with E-state index in [1.54, 1.807) is 0 Å². The summed E-state index contributed by atoms with van der Waals surface area (Å²) in [6.07, 6.45) is 0. The maximum absolute atomic E-state index is 13.6. The minimum atomic E-state index is -3.38. The lowest BCUT2D eigenvalue weighted by molar-refractivity contribution is 0.581. The van der Waals surface area contributed by atoms with Crippen LogP contribution in [0.3, 0.4) is 0 Å². The predicted molar refractivity (Wildman–Crippen MR) is 153 cm³/mol. The molecule has 0 saturated carbocycles. The van der Waals surface area contributed by atoms with E-state index in [0.29, 0.717) is 0 Å². The van der Waals surface area contributed by atoms with Gasteiger partial charge in [0.2, 0.25) is 0 Å². The van der Waals surface area contributed by atoms with Crippen molar-refractivity contribution in [2.75, 3.05) is 0 Å². The van der Waals surface area contributed by atoms with Crippen molar-refractivity contribution in [3.63, 3.8) is 0 Å². The van der Waals surface area contributed by atoms with Crippen LogP contribution >= 0.6 is 0 Å². The van der Waals surface area contributed by atoms with E-state index in [2.05, 4.69) is 103 Å². The number of rotatable bonds is 3. The summed E-state index contributed by atoms with van der Waals surface area (Å²) in [4.78, 5) is 13.6. The largest absolute Gasteiger partial charge is 0.421 e. The van der Waals surface area contributed by atoms with Crippen molar-refractivity contribution in [3.8, 4) is 0 Å².